The lowest BCUT2D eigenvalue weighted by molar-refractivity contribution is 0.0108. The zero-order valence-corrected chi connectivity index (χ0v) is 13.7. The van der Waals surface area contributed by atoms with Crippen LogP contribution in [0, 0.1) is 5.41 Å². The Morgan fingerprint density at radius 2 is 1.80 bits per heavy atom. The largest absolute Gasteiger partial charge is 0.393 e. The molecule has 3 atom stereocenters. The average molecular weight is 282 g/mol. The van der Waals surface area contributed by atoms with Gasteiger partial charge in [-0.05, 0) is 50.5 Å². The molecule has 3 heteroatoms. The van der Waals surface area contributed by atoms with Crippen LogP contribution in [0.5, 0.6) is 0 Å². The van der Waals surface area contributed by atoms with Crippen LogP contribution in [0.4, 0.5) is 0 Å². The quantitative estimate of drug-likeness (QED) is 0.672. The number of nitrogens with one attached hydrogen (secondary N) is 1. The lowest BCUT2D eigenvalue weighted by Crippen LogP contribution is -2.51. The van der Waals surface area contributed by atoms with Crippen molar-refractivity contribution in [2.24, 2.45) is 5.41 Å². The summed E-state index contributed by atoms with van der Waals surface area (Å²) in [6.45, 7) is 10.4. The zero-order valence-electron chi connectivity index (χ0n) is 13.7. The van der Waals surface area contributed by atoms with E-state index in [4.69, 9.17) is 0 Å². The molecule has 0 saturated carbocycles. The van der Waals surface area contributed by atoms with Crippen LogP contribution in [0.1, 0.15) is 65.7 Å². The standard InChI is InChI=1S/C17H34N2O/c1-4-8-17(3,12-18-9-5-2)13-19-14-6-7-15(19)11-16(20)10-14/h14-16,18,20H,4-13H2,1-3H3. The summed E-state index contributed by atoms with van der Waals surface area (Å²) >= 11 is 0. The van der Waals surface area contributed by atoms with E-state index in [9.17, 15) is 5.11 Å². The van der Waals surface area contributed by atoms with Gasteiger partial charge in [0.25, 0.3) is 0 Å². The third-order valence-electron chi connectivity index (χ3n) is 5.26. The van der Waals surface area contributed by atoms with E-state index in [1.165, 1.54) is 38.6 Å². The molecule has 0 spiro atoms. The molecule has 0 radical (unpaired) electrons. The summed E-state index contributed by atoms with van der Waals surface area (Å²) in [4.78, 5) is 2.73. The summed E-state index contributed by atoms with van der Waals surface area (Å²) in [5, 5.41) is 13.6. The van der Waals surface area contributed by atoms with Crippen LogP contribution in [0.2, 0.25) is 0 Å². The Morgan fingerprint density at radius 1 is 1.15 bits per heavy atom. The van der Waals surface area contributed by atoms with Gasteiger partial charge in [-0.15, -0.1) is 0 Å². The summed E-state index contributed by atoms with van der Waals surface area (Å²) in [6, 6.07) is 1.29. The fourth-order valence-electron chi connectivity index (χ4n) is 4.34. The van der Waals surface area contributed by atoms with Crippen LogP contribution in [-0.4, -0.2) is 47.8 Å². The smallest absolute Gasteiger partial charge is 0.0570 e. The van der Waals surface area contributed by atoms with Crippen LogP contribution >= 0.6 is 0 Å². The maximum absolute atomic E-state index is 9.94. The van der Waals surface area contributed by atoms with E-state index in [-0.39, 0.29) is 6.10 Å². The highest BCUT2D eigenvalue weighted by molar-refractivity contribution is 4.97. The molecule has 0 aromatic rings. The fourth-order valence-corrected chi connectivity index (χ4v) is 4.34. The second-order valence-electron chi connectivity index (χ2n) is 7.42. The molecule has 2 saturated heterocycles. The predicted molar refractivity (Wildman–Crippen MR) is 84.9 cm³/mol. The van der Waals surface area contributed by atoms with Crippen molar-refractivity contribution in [3.05, 3.63) is 0 Å². The summed E-state index contributed by atoms with van der Waals surface area (Å²) in [7, 11) is 0. The van der Waals surface area contributed by atoms with Gasteiger partial charge in [0.1, 0.15) is 0 Å². The molecule has 2 heterocycles. The first-order valence-electron chi connectivity index (χ1n) is 8.72. The number of nitrogens with zero attached hydrogens (tertiary/aromatic N) is 1. The summed E-state index contributed by atoms with van der Waals surface area (Å²) < 4.78 is 0. The van der Waals surface area contributed by atoms with Gasteiger partial charge in [0.2, 0.25) is 0 Å². The molecule has 0 amide bonds. The Bertz CT molecular complexity index is 283. The van der Waals surface area contributed by atoms with Crippen molar-refractivity contribution in [2.75, 3.05) is 19.6 Å². The highest BCUT2D eigenvalue weighted by Crippen LogP contribution is 2.38. The molecule has 3 nitrogen and oxygen atoms in total. The Morgan fingerprint density at radius 3 is 2.35 bits per heavy atom. The van der Waals surface area contributed by atoms with E-state index >= 15 is 0 Å². The van der Waals surface area contributed by atoms with Crippen molar-refractivity contribution < 1.29 is 5.11 Å². The van der Waals surface area contributed by atoms with E-state index in [1.54, 1.807) is 0 Å². The number of hydrogen-bond acceptors (Lipinski definition) is 3. The normalized spacial score (nSPS) is 33.3. The van der Waals surface area contributed by atoms with E-state index in [0.717, 1.165) is 25.9 Å². The van der Waals surface area contributed by atoms with Gasteiger partial charge in [0, 0.05) is 25.2 Å². The van der Waals surface area contributed by atoms with E-state index in [2.05, 4.69) is 31.0 Å². The topological polar surface area (TPSA) is 35.5 Å². The van der Waals surface area contributed by atoms with E-state index < -0.39 is 0 Å². The van der Waals surface area contributed by atoms with Gasteiger partial charge >= 0.3 is 0 Å². The van der Waals surface area contributed by atoms with Gasteiger partial charge in [-0.3, -0.25) is 4.90 Å². The lowest BCUT2D eigenvalue weighted by atomic mass is 9.83. The van der Waals surface area contributed by atoms with Crippen molar-refractivity contribution in [3.63, 3.8) is 0 Å². The molecule has 0 aliphatic carbocycles. The number of aliphatic hydroxyl groups is 1. The maximum Gasteiger partial charge on any atom is 0.0570 e. The molecule has 2 rings (SSSR count). The van der Waals surface area contributed by atoms with Crippen molar-refractivity contribution in [1.82, 2.24) is 10.2 Å². The molecule has 3 unspecified atom stereocenters. The number of aliphatic hydroxyl groups excluding tert-OH is 1. The molecule has 0 aromatic carbocycles. The van der Waals surface area contributed by atoms with Gasteiger partial charge < -0.3 is 10.4 Å². The highest BCUT2D eigenvalue weighted by atomic mass is 16.3. The van der Waals surface area contributed by atoms with Gasteiger partial charge in [-0.1, -0.05) is 27.2 Å². The third kappa shape index (κ3) is 3.96. The second-order valence-corrected chi connectivity index (χ2v) is 7.42. The van der Waals surface area contributed by atoms with Crippen molar-refractivity contribution in [3.8, 4) is 0 Å². The number of hydrogen-bond donors (Lipinski definition) is 2. The number of rotatable bonds is 8. The Hall–Kier alpha value is -0.120. The van der Waals surface area contributed by atoms with Gasteiger partial charge in [0.15, 0.2) is 0 Å². The average Bonchev–Trinajstić information content (AvgIpc) is 2.62. The first-order chi connectivity index (χ1) is 9.58. The molecule has 2 aliphatic heterocycles. The Kier molecular flexibility index (Phi) is 5.88. The summed E-state index contributed by atoms with van der Waals surface area (Å²) in [6.07, 6.45) is 8.32. The SMILES string of the molecule is CCCNCC(C)(CCC)CN1C2CCC1CC(O)C2. The van der Waals surface area contributed by atoms with Crippen molar-refractivity contribution >= 4 is 0 Å². The number of piperidine rings is 1. The summed E-state index contributed by atoms with van der Waals surface area (Å²) in [5.74, 6) is 0. The first kappa shape index (κ1) is 16.3. The first-order valence-corrected chi connectivity index (χ1v) is 8.72. The molecule has 0 aromatic heterocycles. The fraction of sp³-hybridized carbons (Fsp3) is 1.00. The molecule has 2 N–H and O–H groups in total. The van der Waals surface area contributed by atoms with Crippen LogP contribution < -0.4 is 5.32 Å². The van der Waals surface area contributed by atoms with Crippen LogP contribution in [-0.2, 0) is 0 Å². The third-order valence-corrected chi connectivity index (χ3v) is 5.26. The van der Waals surface area contributed by atoms with Crippen LogP contribution in [0.25, 0.3) is 0 Å². The monoisotopic (exact) mass is 282 g/mol. The van der Waals surface area contributed by atoms with E-state index in [0.29, 0.717) is 17.5 Å². The molecule has 118 valence electrons. The second kappa shape index (κ2) is 7.24. The van der Waals surface area contributed by atoms with Crippen molar-refractivity contribution in [2.45, 2.75) is 83.9 Å². The van der Waals surface area contributed by atoms with Crippen molar-refractivity contribution in [1.29, 1.82) is 0 Å². The van der Waals surface area contributed by atoms with Crippen LogP contribution in [0.3, 0.4) is 0 Å². The molecule has 2 fully saturated rings. The summed E-state index contributed by atoms with van der Waals surface area (Å²) in [5.41, 5.74) is 0.382. The molecular formula is C17H34N2O. The molecule has 2 aliphatic rings. The van der Waals surface area contributed by atoms with Gasteiger partial charge in [-0.25, -0.2) is 0 Å². The zero-order chi connectivity index (χ0) is 14.6. The minimum absolute atomic E-state index is 0.0422. The lowest BCUT2D eigenvalue weighted by Gasteiger charge is -2.43. The highest BCUT2D eigenvalue weighted by Gasteiger charge is 2.42. The molecule has 20 heavy (non-hydrogen) atoms. The Balaban J connectivity index is 1.93. The minimum atomic E-state index is -0.0422. The van der Waals surface area contributed by atoms with Gasteiger partial charge in [0.05, 0.1) is 6.10 Å². The molecule has 2 bridgehead atoms. The van der Waals surface area contributed by atoms with E-state index in [1.807, 2.05) is 0 Å². The van der Waals surface area contributed by atoms with Crippen LogP contribution in [0.15, 0.2) is 0 Å². The maximum atomic E-state index is 9.94. The Labute approximate surface area is 125 Å². The predicted octanol–water partition coefficient (Wildman–Crippen LogP) is 2.78. The molecular weight excluding hydrogens is 248 g/mol. The minimum Gasteiger partial charge on any atom is -0.393 e. The number of fused-ring (bicyclic) bond motifs is 2. The van der Waals surface area contributed by atoms with Gasteiger partial charge in [-0.2, -0.15) is 0 Å².